The molecule has 1 nitrogen and oxygen atoms in total. The van der Waals surface area contributed by atoms with E-state index >= 15 is 0 Å². The first-order valence-corrected chi connectivity index (χ1v) is 5.20. The fraction of sp³-hybridized carbons (Fsp3) is 0.100. The number of benzene rings is 1. The molecule has 2 rings (SSSR count). The van der Waals surface area contributed by atoms with Crippen molar-refractivity contribution in [3.05, 3.63) is 40.4 Å². The van der Waals surface area contributed by atoms with Gasteiger partial charge in [-0.1, -0.05) is 29.8 Å². The minimum Gasteiger partial charge on any atom is -0.241 e. The van der Waals surface area contributed by atoms with Crippen LogP contribution in [0.25, 0.3) is 10.6 Å². The fourth-order valence-electron chi connectivity index (χ4n) is 1.11. The lowest BCUT2D eigenvalue weighted by Crippen LogP contribution is -1.77. The standard InChI is InChI=1S/C10H8ClNS/c1-7-6-13-10(12-7)8-4-2-3-5-9(8)11/h2-6H,1H3. The summed E-state index contributed by atoms with van der Waals surface area (Å²) in [6, 6.07) is 7.76. The molecule has 1 heterocycles. The summed E-state index contributed by atoms with van der Waals surface area (Å²) in [6.45, 7) is 1.98. The average Bonchev–Trinajstić information content (AvgIpc) is 2.53. The van der Waals surface area contributed by atoms with E-state index in [1.807, 2.05) is 36.6 Å². The van der Waals surface area contributed by atoms with E-state index in [1.54, 1.807) is 11.3 Å². The fourth-order valence-corrected chi connectivity index (χ4v) is 2.23. The van der Waals surface area contributed by atoms with E-state index in [0.717, 1.165) is 21.3 Å². The van der Waals surface area contributed by atoms with E-state index in [9.17, 15) is 0 Å². The number of rotatable bonds is 1. The van der Waals surface area contributed by atoms with E-state index < -0.39 is 0 Å². The summed E-state index contributed by atoms with van der Waals surface area (Å²) in [5, 5.41) is 3.78. The molecule has 0 aliphatic carbocycles. The highest BCUT2D eigenvalue weighted by Gasteiger charge is 2.05. The van der Waals surface area contributed by atoms with Crippen LogP contribution in [-0.4, -0.2) is 4.98 Å². The predicted octanol–water partition coefficient (Wildman–Crippen LogP) is 3.77. The normalized spacial score (nSPS) is 10.3. The van der Waals surface area contributed by atoms with Gasteiger partial charge >= 0.3 is 0 Å². The lowest BCUT2D eigenvalue weighted by atomic mass is 10.2. The van der Waals surface area contributed by atoms with Gasteiger partial charge in [0, 0.05) is 16.6 Å². The van der Waals surface area contributed by atoms with Crippen LogP contribution in [0.15, 0.2) is 29.6 Å². The van der Waals surface area contributed by atoms with Crippen molar-refractivity contribution >= 4 is 22.9 Å². The quantitative estimate of drug-likeness (QED) is 0.697. The molecule has 0 fully saturated rings. The molecular weight excluding hydrogens is 202 g/mol. The summed E-state index contributed by atoms with van der Waals surface area (Å²) in [7, 11) is 0. The first-order chi connectivity index (χ1) is 6.27. The number of aromatic nitrogens is 1. The Kier molecular flexibility index (Phi) is 2.34. The Morgan fingerprint density at radius 3 is 2.69 bits per heavy atom. The van der Waals surface area contributed by atoms with E-state index in [0.29, 0.717) is 0 Å². The lowest BCUT2D eigenvalue weighted by molar-refractivity contribution is 1.27. The van der Waals surface area contributed by atoms with Gasteiger partial charge in [0.05, 0.1) is 5.02 Å². The van der Waals surface area contributed by atoms with Gasteiger partial charge in [0.25, 0.3) is 0 Å². The van der Waals surface area contributed by atoms with Gasteiger partial charge in [-0.3, -0.25) is 0 Å². The van der Waals surface area contributed by atoms with Crippen molar-refractivity contribution in [2.24, 2.45) is 0 Å². The number of thiazole rings is 1. The number of aryl methyl sites for hydroxylation is 1. The van der Waals surface area contributed by atoms with Crippen LogP contribution < -0.4 is 0 Å². The molecule has 0 aliphatic rings. The predicted molar refractivity (Wildman–Crippen MR) is 57.3 cm³/mol. The molecule has 0 atom stereocenters. The highest BCUT2D eigenvalue weighted by Crippen LogP contribution is 2.29. The van der Waals surface area contributed by atoms with Crippen LogP contribution in [-0.2, 0) is 0 Å². The molecular formula is C10H8ClNS. The highest BCUT2D eigenvalue weighted by molar-refractivity contribution is 7.13. The van der Waals surface area contributed by atoms with E-state index in [4.69, 9.17) is 11.6 Å². The zero-order chi connectivity index (χ0) is 9.26. The number of nitrogens with zero attached hydrogens (tertiary/aromatic N) is 1. The van der Waals surface area contributed by atoms with Crippen LogP contribution in [0.3, 0.4) is 0 Å². The van der Waals surface area contributed by atoms with Crippen molar-refractivity contribution in [1.82, 2.24) is 4.98 Å². The summed E-state index contributed by atoms with van der Waals surface area (Å²) in [5.41, 5.74) is 2.06. The zero-order valence-electron chi connectivity index (χ0n) is 7.12. The summed E-state index contributed by atoms with van der Waals surface area (Å²) in [4.78, 5) is 4.38. The maximum atomic E-state index is 6.03. The van der Waals surface area contributed by atoms with Gasteiger partial charge in [0.15, 0.2) is 0 Å². The molecule has 13 heavy (non-hydrogen) atoms. The van der Waals surface area contributed by atoms with Crippen molar-refractivity contribution in [2.75, 3.05) is 0 Å². The van der Waals surface area contributed by atoms with E-state index in [-0.39, 0.29) is 0 Å². The Hall–Kier alpha value is -0.860. The maximum Gasteiger partial charge on any atom is 0.125 e. The van der Waals surface area contributed by atoms with E-state index in [2.05, 4.69) is 4.98 Å². The lowest BCUT2D eigenvalue weighted by Gasteiger charge is -1.97. The van der Waals surface area contributed by atoms with Gasteiger partial charge in [-0.05, 0) is 13.0 Å². The zero-order valence-corrected chi connectivity index (χ0v) is 8.69. The molecule has 0 spiro atoms. The molecule has 0 bridgehead atoms. The maximum absolute atomic E-state index is 6.03. The first-order valence-electron chi connectivity index (χ1n) is 3.94. The molecule has 1 aromatic carbocycles. The first kappa shape index (κ1) is 8.73. The summed E-state index contributed by atoms with van der Waals surface area (Å²) in [6.07, 6.45) is 0. The summed E-state index contributed by atoms with van der Waals surface area (Å²) < 4.78 is 0. The number of hydrogen-bond acceptors (Lipinski definition) is 2. The van der Waals surface area contributed by atoms with Gasteiger partial charge < -0.3 is 0 Å². The van der Waals surface area contributed by atoms with Crippen LogP contribution in [0.2, 0.25) is 5.02 Å². The third-order valence-corrected chi connectivity index (χ3v) is 3.05. The monoisotopic (exact) mass is 209 g/mol. The third-order valence-electron chi connectivity index (χ3n) is 1.72. The molecule has 0 N–H and O–H groups in total. The molecule has 0 aliphatic heterocycles. The Morgan fingerprint density at radius 1 is 1.31 bits per heavy atom. The number of hydrogen-bond donors (Lipinski definition) is 0. The smallest absolute Gasteiger partial charge is 0.125 e. The SMILES string of the molecule is Cc1csc(-c2ccccc2Cl)n1. The second-order valence-electron chi connectivity index (χ2n) is 2.77. The topological polar surface area (TPSA) is 12.9 Å². The van der Waals surface area contributed by atoms with Crippen molar-refractivity contribution in [2.45, 2.75) is 6.92 Å². The molecule has 0 radical (unpaired) electrons. The van der Waals surface area contributed by atoms with E-state index in [1.165, 1.54) is 0 Å². The minimum atomic E-state index is 0.761. The van der Waals surface area contributed by atoms with Crippen molar-refractivity contribution < 1.29 is 0 Å². The van der Waals surface area contributed by atoms with Gasteiger partial charge in [0.1, 0.15) is 5.01 Å². The van der Waals surface area contributed by atoms with Crippen LogP contribution in [0.1, 0.15) is 5.69 Å². The molecule has 1 aromatic heterocycles. The Bertz CT molecular complexity index is 422. The van der Waals surface area contributed by atoms with Gasteiger partial charge in [0.2, 0.25) is 0 Å². The van der Waals surface area contributed by atoms with Crippen LogP contribution in [0.5, 0.6) is 0 Å². The van der Waals surface area contributed by atoms with Crippen molar-refractivity contribution in [3.63, 3.8) is 0 Å². The average molecular weight is 210 g/mol. The van der Waals surface area contributed by atoms with Gasteiger partial charge in [-0.2, -0.15) is 0 Å². The molecule has 0 saturated heterocycles. The Morgan fingerprint density at radius 2 is 2.08 bits per heavy atom. The second kappa shape index (κ2) is 3.48. The largest absolute Gasteiger partial charge is 0.241 e. The molecule has 3 heteroatoms. The summed E-state index contributed by atoms with van der Waals surface area (Å²) in [5.74, 6) is 0. The molecule has 0 amide bonds. The molecule has 66 valence electrons. The van der Waals surface area contributed by atoms with Crippen molar-refractivity contribution in [1.29, 1.82) is 0 Å². The Balaban J connectivity index is 2.52. The summed E-state index contributed by atoms with van der Waals surface area (Å²) >= 11 is 7.66. The minimum absolute atomic E-state index is 0.761. The van der Waals surface area contributed by atoms with Gasteiger partial charge in [-0.15, -0.1) is 11.3 Å². The molecule has 0 saturated carbocycles. The van der Waals surface area contributed by atoms with Crippen molar-refractivity contribution in [3.8, 4) is 10.6 Å². The van der Waals surface area contributed by atoms with Crippen LogP contribution >= 0.6 is 22.9 Å². The molecule has 2 aromatic rings. The third kappa shape index (κ3) is 1.74. The van der Waals surface area contributed by atoms with Crippen LogP contribution in [0, 0.1) is 6.92 Å². The highest BCUT2D eigenvalue weighted by atomic mass is 35.5. The number of halogens is 1. The van der Waals surface area contributed by atoms with Crippen LogP contribution in [0.4, 0.5) is 0 Å². The van der Waals surface area contributed by atoms with Gasteiger partial charge in [-0.25, -0.2) is 4.98 Å². The second-order valence-corrected chi connectivity index (χ2v) is 4.04. The Labute approximate surface area is 86.0 Å². The molecule has 0 unspecified atom stereocenters.